The highest BCUT2D eigenvalue weighted by Crippen LogP contribution is 2.13. The van der Waals surface area contributed by atoms with Crippen LogP contribution in [0.15, 0.2) is 0 Å². The maximum atomic E-state index is 11.9. The number of hydrogen-bond acceptors (Lipinski definition) is 4. The number of hydrogen-bond donors (Lipinski definition) is 1. The number of methoxy groups -OCH3 is 2. The second kappa shape index (κ2) is 7.84. The summed E-state index contributed by atoms with van der Waals surface area (Å²) in [6.07, 6.45) is 1.63. The third kappa shape index (κ3) is 3.90. The van der Waals surface area contributed by atoms with Gasteiger partial charge in [0.05, 0.1) is 6.10 Å². The van der Waals surface area contributed by atoms with Gasteiger partial charge in [-0.2, -0.15) is 0 Å². The molecule has 1 heterocycles. The van der Waals surface area contributed by atoms with Crippen LogP contribution in [0.5, 0.6) is 0 Å². The second-order valence-electron chi connectivity index (χ2n) is 3.74. The Bertz CT molecular complexity index is 212. The largest absolute Gasteiger partial charge is 0.380 e. The van der Waals surface area contributed by atoms with Crippen molar-refractivity contribution in [2.45, 2.75) is 25.0 Å². The molecule has 0 spiro atoms. The Morgan fingerprint density at radius 3 is 2.75 bits per heavy atom. The Labute approximate surface area is 103 Å². The van der Waals surface area contributed by atoms with Gasteiger partial charge >= 0.3 is 0 Å². The molecule has 1 fully saturated rings. The van der Waals surface area contributed by atoms with Crippen LogP contribution in [0.3, 0.4) is 0 Å². The Balaban J connectivity index is 0.00000225. The molecular formula is C10H21ClN2O3. The maximum absolute atomic E-state index is 11.9. The number of ether oxygens (including phenoxy) is 2. The van der Waals surface area contributed by atoms with Crippen molar-refractivity contribution in [1.82, 2.24) is 4.90 Å². The molecule has 0 radical (unpaired) electrons. The fraction of sp³-hybridized carbons (Fsp3) is 0.900. The highest BCUT2D eigenvalue weighted by atomic mass is 35.5. The molecule has 1 aliphatic rings. The summed E-state index contributed by atoms with van der Waals surface area (Å²) in [6, 6.07) is 0. The van der Waals surface area contributed by atoms with Gasteiger partial charge in [0.15, 0.2) is 0 Å². The first-order valence-electron chi connectivity index (χ1n) is 5.27. The van der Waals surface area contributed by atoms with E-state index >= 15 is 0 Å². The van der Waals surface area contributed by atoms with Crippen molar-refractivity contribution in [2.75, 3.05) is 33.9 Å². The van der Waals surface area contributed by atoms with E-state index in [1.54, 1.807) is 12.0 Å². The summed E-state index contributed by atoms with van der Waals surface area (Å²) >= 11 is 0. The number of nitrogens with two attached hydrogens (primary N) is 1. The van der Waals surface area contributed by atoms with E-state index in [0.717, 1.165) is 19.4 Å². The number of likely N-dealkylation sites (tertiary alicyclic amines) is 1. The van der Waals surface area contributed by atoms with Crippen molar-refractivity contribution in [1.29, 1.82) is 0 Å². The molecule has 6 heteroatoms. The minimum Gasteiger partial charge on any atom is -0.380 e. The summed E-state index contributed by atoms with van der Waals surface area (Å²) in [4.78, 5) is 13.7. The van der Waals surface area contributed by atoms with Crippen molar-refractivity contribution >= 4 is 18.3 Å². The van der Waals surface area contributed by atoms with Gasteiger partial charge in [-0.1, -0.05) is 0 Å². The van der Waals surface area contributed by atoms with Gasteiger partial charge in [0.25, 0.3) is 5.91 Å². The SMILES string of the molecule is COC1CCCN(C(=O)C(CN)OC)C1.Cl. The standard InChI is InChI=1S/C10H20N2O3.ClH/c1-14-8-4-3-5-12(7-8)10(13)9(6-11)15-2;/h8-9H,3-7,11H2,1-2H3;1H. The van der Waals surface area contributed by atoms with E-state index in [0.29, 0.717) is 6.54 Å². The van der Waals surface area contributed by atoms with Crippen molar-refractivity contribution in [3.63, 3.8) is 0 Å². The Morgan fingerprint density at radius 1 is 1.56 bits per heavy atom. The lowest BCUT2D eigenvalue weighted by Gasteiger charge is -2.33. The van der Waals surface area contributed by atoms with E-state index in [-0.39, 0.29) is 31.0 Å². The summed E-state index contributed by atoms with van der Waals surface area (Å²) in [5, 5.41) is 0. The molecule has 5 nitrogen and oxygen atoms in total. The predicted octanol–water partition coefficient (Wildman–Crippen LogP) is 0.0193. The normalized spacial score (nSPS) is 22.4. The molecular weight excluding hydrogens is 232 g/mol. The van der Waals surface area contributed by atoms with Crippen LogP contribution in [0.25, 0.3) is 0 Å². The number of piperidine rings is 1. The van der Waals surface area contributed by atoms with E-state index in [4.69, 9.17) is 15.2 Å². The monoisotopic (exact) mass is 252 g/mol. The number of nitrogens with zero attached hydrogens (tertiary/aromatic N) is 1. The molecule has 0 aromatic heterocycles. The van der Waals surface area contributed by atoms with Gasteiger partial charge in [-0.05, 0) is 12.8 Å². The van der Waals surface area contributed by atoms with Crippen LogP contribution in [0.4, 0.5) is 0 Å². The molecule has 2 atom stereocenters. The first kappa shape index (κ1) is 15.6. The number of carbonyl (C=O) groups excluding carboxylic acids is 1. The highest BCUT2D eigenvalue weighted by molar-refractivity contribution is 5.85. The van der Waals surface area contributed by atoms with Crippen molar-refractivity contribution in [3.05, 3.63) is 0 Å². The van der Waals surface area contributed by atoms with E-state index in [2.05, 4.69) is 0 Å². The van der Waals surface area contributed by atoms with Crippen molar-refractivity contribution in [2.24, 2.45) is 5.73 Å². The molecule has 96 valence electrons. The lowest BCUT2D eigenvalue weighted by atomic mass is 10.1. The maximum Gasteiger partial charge on any atom is 0.253 e. The van der Waals surface area contributed by atoms with Gasteiger partial charge < -0.3 is 20.1 Å². The average Bonchev–Trinajstić information content (AvgIpc) is 2.30. The molecule has 1 saturated heterocycles. The topological polar surface area (TPSA) is 64.8 Å². The zero-order chi connectivity index (χ0) is 11.3. The van der Waals surface area contributed by atoms with Gasteiger partial charge in [0.1, 0.15) is 6.10 Å². The number of carbonyl (C=O) groups is 1. The van der Waals surface area contributed by atoms with Crippen molar-refractivity contribution in [3.8, 4) is 0 Å². The molecule has 0 aliphatic carbocycles. The molecule has 0 aromatic rings. The van der Waals surface area contributed by atoms with E-state index < -0.39 is 6.10 Å². The van der Waals surface area contributed by atoms with E-state index in [1.807, 2.05) is 0 Å². The minimum absolute atomic E-state index is 0. The lowest BCUT2D eigenvalue weighted by Crippen LogP contribution is -2.49. The van der Waals surface area contributed by atoms with Crippen LogP contribution in [0.1, 0.15) is 12.8 Å². The third-order valence-electron chi connectivity index (χ3n) is 2.80. The quantitative estimate of drug-likeness (QED) is 0.766. The zero-order valence-corrected chi connectivity index (χ0v) is 10.7. The Kier molecular flexibility index (Phi) is 7.66. The molecule has 16 heavy (non-hydrogen) atoms. The molecule has 2 N–H and O–H groups in total. The number of halogens is 1. The molecule has 2 unspecified atom stereocenters. The van der Waals surface area contributed by atoms with E-state index in [1.165, 1.54) is 7.11 Å². The van der Waals surface area contributed by atoms with Crippen LogP contribution in [0.2, 0.25) is 0 Å². The molecule has 1 rings (SSSR count). The molecule has 1 amide bonds. The van der Waals surface area contributed by atoms with Crippen LogP contribution >= 0.6 is 12.4 Å². The van der Waals surface area contributed by atoms with Crippen LogP contribution in [-0.4, -0.2) is 56.9 Å². The smallest absolute Gasteiger partial charge is 0.253 e. The van der Waals surface area contributed by atoms with Gasteiger partial charge in [-0.25, -0.2) is 0 Å². The van der Waals surface area contributed by atoms with Crippen LogP contribution < -0.4 is 5.73 Å². The summed E-state index contributed by atoms with van der Waals surface area (Å²) < 4.78 is 10.3. The molecule has 1 aliphatic heterocycles. The van der Waals surface area contributed by atoms with Gasteiger partial charge in [0, 0.05) is 33.9 Å². The minimum atomic E-state index is -0.513. The predicted molar refractivity (Wildman–Crippen MR) is 63.7 cm³/mol. The first-order valence-corrected chi connectivity index (χ1v) is 5.27. The third-order valence-corrected chi connectivity index (χ3v) is 2.80. The Morgan fingerprint density at radius 2 is 2.25 bits per heavy atom. The summed E-state index contributed by atoms with van der Waals surface area (Å²) in [7, 11) is 3.18. The average molecular weight is 253 g/mol. The van der Waals surface area contributed by atoms with Crippen LogP contribution in [-0.2, 0) is 14.3 Å². The summed E-state index contributed by atoms with van der Waals surface area (Å²) in [5.74, 6) is -0.0262. The van der Waals surface area contributed by atoms with Crippen molar-refractivity contribution < 1.29 is 14.3 Å². The molecule has 0 bridgehead atoms. The first-order chi connectivity index (χ1) is 7.22. The van der Waals surface area contributed by atoms with Gasteiger partial charge in [-0.15, -0.1) is 12.4 Å². The molecule has 0 saturated carbocycles. The Hall–Kier alpha value is -0.360. The van der Waals surface area contributed by atoms with Gasteiger partial charge in [0.2, 0.25) is 0 Å². The number of amides is 1. The zero-order valence-electron chi connectivity index (χ0n) is 9.85. The van der Waals surface area contributed by atoms with E-state index in [9.17, 15) is 4.79 Å². The summed E-state index contributed by atoms with van der Waals surface area (Å²) in [5.41, 5.74) is 5.45. The second-order valence-corrected chi connectivity index (χ2v) is 3.74. The highest BCUT2D eigenvalue weighted by Gasteiger charge is 2.27. The fourth-order valence-electron chi connectivity index (χ4n) is 1.83. The fourth-order valence-corrected chi connectivity index (χ4v) is 1.83. The van der Waals surface area contributed by atoms with Gasteiger partial charge in [-0.3, -0.25) is 4.79 Å². The molecule has 0 aromatic carbocycles. The van der Waals surface area contributed by atoms with Crippen LogP contribution in [0, 0.1) is 0 Å². The lowest BCUT2D eigenvalue weighted by molar-refractivity contribution is -0.144. The number of rotatable bonds is 4. The summed E-state index contributed by atoms with van der Waals surface area (Å²) in [6.45, 7) is 1.65.